The molecule has 3 aromatic rings. The van der Waals surface area contributed by atoms with Gasteiger partial charge in [-0.15, -0.1) is 11.3 Å². The first-order valence-corrected chi connectivity index (χ1v) is 7.79. The molecule has 1 atom stereocenters. The highest BCUT2D eigenvalue weighted by atomic mass is 32.1. The van der Waals surface area contributed by atoms with E-state index in [1.807, 2.05) is 6.07 Å². The van der Waals surface area contributed by atoms with Gasteiger partial charge < -0.3 is 14.8 Å². The lowest BCUT2D eigenvalue weighted by Crippen LogP contribution is -2.23. The molecule has 6 heteroatoms. The van der Waals surface area contributed by atoms with Gasteiger partial charge in [-0.05, 0) is 36.4 Å². The monoisotopic (exact) mass is 331 g/mol. The van der Waals surface area contributed by atoms with Gasteiger partial charge in [0, 0.05) is 9.75 Å². The Balaban J connectivity index is 1.64. The standard InChI is InChI=1S/C17H14FNO3S/c18-13-5-2-1-4-12(13)17(21)19-10-11-7-8-15(23-11)16(20)14-6-3-9-22-14/h1-9,16,20H,10H2,(H,19,21)/t16-/m1/s1. The molecule has 0 aliphatic rings. The summed E-state index contributed by atoms with van der Waals surface area (Å²) >= 11 is 1.36. The summed E-state index contributed by atoms with van der Waals surface area (Å²) in [5.41, 5.74) is 0.0138. The minimum atomic E-state index is -0.828. The first kappa shape index (κ1) is 15.5. The summed E-state index contributed by atoms with van der Waals surface area (Å²) in [5, 5.41) is 12.8. The average Bonchev–Trinajstić information content (AvgIpc) is 3.24. The molecule has 0 saturated heterocycles. The van der Waals surface area contributed by atoms with Crippen LogP contribution in [0.4, 0.5) is 4.39 Å². The van der Waals surface area contributed by atoms with E-state index in [-0.39, 0.29) is 12.1 Å². The Labute approximate surface area is 136 Å². The Morgan fingerprint density at radius 3 is 2.78 bits per heavy atom. The Morgan fingerprint density at radius 1 is 1.22 bits per heavy atom. The zero-order valence-electron chi connectivity index (χ0n) is 12.0. The molecule has 3 rings (SSSR count). The topological polar surface area (TPSA) is 62.5 Å². The first-order chi connectivity index (χ1) is 11.1. The van der Waals surface area contributed by atoms with Crippen molar-refractivity contribution in [2.45, 2.75) is 12.6 Å². The zero-order chi connectivity index (χ0) is 16.2. The predicted octanol–water partition coefficient (Wildman–Crippen LogP) is 3.49. The fourth-order valence-corrected chi connectivity index (χ4v) is 3.08. The lowest BCUT2D eigenvalue weighted by molar-refractivity contribution is 0.0947. The molecule has 4 nitrogen and oxygen atoms in total. The molecular weight excluding hydrogens is 317 g/mol. The summed E-state index contributed by atoms with van der Waals surface area (Å²) in [4.78, 5) is 13.5. The highest BCUT2D eigenvalue weighted by Gasteiger charge is 2.16. The number of rotatable bonds is 5. The van der Waals surface area contributed by atoms with Gasteiger partial charge in [0.1, 0.15) is 17.7 Å². The van der Waals surface area contributed by atoms with E-state index in [1.165, 1.54) is 35.8 Å². The maximum atomic E-state index is 13.5. The Bertz CT molecular complexity index is 798. The molecule has 118 valence electrons. The summed E-state index contributed by atoms with van der Waals surface area (Å²) in [7, 11) is 0. The smallest absolute Gasteiger partial charge is 0.254 e. The van der Waals surface area contributed by atoms with E-state index in [9.17, 15) is 14.3 Å². The lowest BCUT2D eigenvalue weighted by atomic mass is 10.2. The van der Waals surface area contributed by atoms with Crippen molar-refractivity contribution in [2.75, 3.05) is 0 Å². The van der Waals surface area contributed by atoms with Gasteiger partial charge in [0.25, 0.3) is 5.91 Å². The summed E-state index contributed by atoms with van der Waals surface area (Å²) in [6.07, 6.45) is 0.674. The molecule has 0 spiro atoms. The number of amides is 1. The number of carbonyl (C=O) groups excluding carboxylic acids is 1. The second-order valence-corrected chi connectivity index (χ2v) is 6.08. The van der Waals surface area contributed by atoms with Crippen molar-refractivity contribution < 1.29 is 18.7 Å². The van der Waals surface area contributed by atoms with E-state index in [4.69, 9.17) is 4.42 Å². The SMILES string of the molecule is O=C(NCc1ccc([C@H](O)c2ccco2)s1)c1ccccc1F. The molecule has 2 aromatic heterocycles. The number of halogens is 1. The molecule has 0 bridgehead atoms. The van der Waals surface area contributed by atoms with Crippen LogP contribution in [0.1, 0.15) is 32.0 Å². The number of hydrogen-bond acceptors (Lipinski definition) is 4. The summed E-state index contributed by atoms with van der Waals surface area (Å²) < 4.78 is 18.7. The molecule has 2 N–H and O–H groups in total. The van der Waals surface area contributed by atoms with Crippen LogP contribution in [0.25, 0.3) is 0 Å². The van der Waals surface area contributed by atoms with E-state index in [0.29, 0.717) is 5.76 Å². The minimum Gasteiger partial charge on any atom is -0.466 e. The Kier molecular flexibility index (Phi) is 4.55. The second kappa shape index (κ2) is 6.76. The van der Waals surface area contributed by atoms with Crippen molar-refractivity contribution in [2.24, 2.45) is 0 Å². The minimum absolute atomic E-state index is 0.0138. The molecule has 23 heavy (non-hydrogen) atoms. The number of furan rings is 1. The van der Waals surface area contributed by atoms with Gasteiger partial charge in [-0.2, -0.15) is 0 Å². The van der Waals surface area contributed by atoms with Crippen LogP contribution in [0.2, 0.25) is 0 Å². The number of aliphatic hydroxyl groups is 1. The summed E-state index contributed by atoms with van der Waals surface area (Å²) in [6, 6.07) is 12.8. The maximum absolute atomic E-state index is 13.5. The number of thiophene rings is 1. The lowest BCUT2D eigenvalue weighted by Gasteiger charge is -2.05. The maximum Gasteiger partial charge on any atom is 0.254 e. The molecule has 0 radical (unpaired) electrons. The number of aliphatic hydroxyl groups excluding tert-OH is 1. The molecule has 1 amide bonds. The third kappa shape index (κ3) is 3.49. The van der Waals surface area contributed by atoms with Crippen LogP contribution in [0.15, 0.2) is 59.2 Å². The van der Waals surface area contributed by atoms with Gasteiger partial charge >= 0.3 is 0 Å². The zero-order valence-corrected chi connectivity index (χ0v) is 12.8. The largest absolute Gasteiger partial charge is 0.466 e. The van der Waals surface area contributed by atoms with Gasteiger partial charge in [0.05, 0.1) is 18.4 Å². The van der Waals surface area contributed by atoms with Crippen molar-refractivity contribution >= 4 is 17.2 Å². The van der Waals surface area contributed by atoms with Crippen LogP contribution in [0.3, 0.4) is 0 Å². The van der Waals surface area contributed by atoms with E-state index in [0.717, 1.165) is 9.75 Å². The third-order valence-electron chi connectivity index (χ3n) is 3.31. The third-order valence-corrected chi connectivity index (χ3v) is 4.44. The van der Waals surface area contributed by atoms with Crippen LogP contribution < -0.4 is 5.32 Å². The Morgan fingerprint density at radius 2 is 2.04 bits per heavy atom. The highest BCUT2D eigenvalue weighted by molar-refractivity contribution is 7.12. The molecule has 0 aliphatic carbocycles. The van der Waals surface area contributed by atoms with Crippen LogP contribution in [-0.2, 0) is 6.54 Å². The van der Waals surface area contributed by atoms with Crippen molar-refractivity contribution in [1.29, 1.82) is 0 Å². The number of benzene rings is 1. The van der Waals surface area contributed by atoms with E-state index in [2.05, 4.69) is 5.32 Å². The van der Waals surface area contributed by atoms with Crippen molar-refractivity contribution in [3.05, 3.63) is 81.7 Å². The number of carbonyl (C=O) groups is 1. The molecule has 2 heterocycles. The van der Waals surface area contributed by atoms with Crippen LogP contribution >= 0.6 is 11.3 Å². The van der Waals surface area contributed by atoms with Gasteiger partial charge in [0.15, 0.2) is 0 Å². The molecule has 0 saturated carbocycles. The van der Waals surface area contributed by atoms with E-state index >= 15 is 0 Å². The van der Waals surface area contributed by atoms with Gasteiger partial charge in [-0.3, -0.25) is 4.79 Å². The van der Waals surface area contributed by atoms with Gasteiger partial charge in [-0.25, -0.2) is 4.39 Å². The summed E-state index contributed by atoms with van der Waals surface area (Å²) in [6.45, 7) is 0.267. The predicted molar refractivity (Wildman–Crippen MR) is 84.7 cm³/mol. The first-order valence-electron chi connectivity index (χ1n) is 6.98. The fourth-order valence-electron chi connectivity index (χ4n) is 2.13. The second-order valence-electron chi connectivity index (χ2n) is 4.88. The van der Waals surface area contributed by atoms with Crippen LogP contribution in [0.5, 0.6) is 0 Å². The summed E-state index contributed by atoms with van der Waals surface area (Å²) in [5.74, 6) is -0.552. The normalized spacial score (nSPS) is 12.1. The number of hydrogen-bond donors (Lipinski definition) is 2. The molecule has 1 aromatic carbocycles. The molecular formula is C17H14FNO3S. The number of nitrogens with one attached hydrogen (secondary N) is 1. The van der Waals surface area contributed by atoms with Gasteiger partial charge in [-0.1, -0.05) is 12.1 Å². The highest BCUT2D eigenvalue weighted by Crippen LogP contribution is 2.28. The van der Waals surface area contributed by atoms with Crippen molar-refractivity contribution in [3.8, 4) is 0 Å². The van der Waals surface area contributed by atoms with Crippen LogP contribution in [0, 0.1) is 5.82 Å². The fraction of sp³-hybridized carbons (Fsp3) is 0.118. The van der Waals surface area contributed by atoms with E-state index in [1.54, 1.807) is 24.3 Å². The quantitative estimate of drug-likeness (QED) is 0.752. The van der Waals surface area contributed by atoms with Crippen molar-refractivity contribution in [3.63, 3.8) is 0 Å². The Hall–Kier alpha value is -2.44. The van der Waals surface area contributed by atoms with Crippen LogP contribution in [-0.4, -0.2) is 11.0 Å². The van der Waals surface area contributed by atoms with Gasteiger partial charge in [0.2, 0.25) is 0 Å². The average molecular weight is 331 g/mol. The van der Waals surface area contributed by atoms with Crippen molar-refractivity contribution in [1.82, 2.24) is 5.32 Å². The molecule has 0 fully saturated rings. The molecule has 0 unspecified atom stereocenters. The molecule has 0 aliphatic heterocycles. The van der Waals surface area contributed by atoms with E-state index < -0.39 is 17.8 Å².